The number of hydrogen-bond donors (Lipinski definition) is 3. The Balaban J connectivity index is 1.53. The number of anilines is 2. The standard InChI is InChI=1S/C17H20F2N8/c1-27-15-12(8-23-27)14(24-11-5-17(18,19)6-11)25-16(26-15)22-9-13(20)10-3-2-4-21-7-10/h2-4,7-8,11,13H,5-6,9,20H2,1H3,(H2,22,24,25,26). The Morgan fingerprint density at radius 1 is 1.33 bits per heavy atom. The van der Waals surface area contributed by atoms with E-state index < -0.39 is 5.92 Å². The highest BCUT2D eigenvalue weighted by Crippen LogP contribution is 2.39. The van der Waals surface area contributed by atoms with E-state index in [1.165, 1.54) is 0 Å². The smallest absolute Gasteiger partial charge is 0.252 e. The number of alkyl halides is 2. The van der Waals surface area contributed by atoms with Gasteiger partial charge in [-0.25, -0.2) is 8.78 Å². The van der Waals surface area contributed by atoms with E-state index in [-0.39, 0.29) is 24.9 Å². The second kappa shape index (κ2) is 6.69. The van der Waals surface area contributed by atoms with Crippen LogP contribution < -0.4 is 16.4 Å². The summed E-state index contributed by atoms with van der Waals surface area (Å²) in [6.07, 6.45) is 4.62. The number of hydrogen-bond acceptors (Lipinski definition) is 7. The van der Waals surface area contributed by atoms with E-state index in [1.54, 1.807) is 30.3 Å². The largest absolute Gasteiger partial charge is 0.366 e. The summed E-state index contributed by atoms with van der Waals surface area (Å²) in [7, 11) is 1.77. The Bertz CT molecular complexity index is 935. The lowest BCUT2D eigenvalue weighted by molar-refractivity contribution is -0.0793. The van der Waals surface area contributed by atoms with Crippen LogP contribution in [0.25, 0.3) is 11.0 Å². The Morgan fingerprint density at radius 3 is 2.85 bits per heavy atom. The van der Waals surface area contributed by atoms with Crippen LogP contribution in [0.15, 0.2) is 30.7 Å². The van der Waals surface area contributed by atoms with Gasteiger partial charge in [0.1, 0.15) is 5.82 Å². The molecule has 8 nitrogen and oxygen atoms in total. The molecule has 4 rings (SSSR count). The zero-order valence-corrected chi connectivity index (χ0v) is 14.7. The molecule has 0 bridgehead atoms. The van der Waals surface area contributed by atoms with Gasteiger partial charge in [0.05, 0.1) is 11.6 Å². The number of nitrogens with zero attached hydrogens (tertiary/aromatic N) is 5. The molecule has 10 heteroatoms. The lowest BCUT2D eigenvalue weighted by Gasteiger charge is -2.35. The van der Waals surface area contributed by atoms with Gasteiger partial charge in [0.2, 0.25) is 5.95 Å². The van der Waals surface area contributed by atoms with Crippen LogP contribution in [0.5, 0.6) is 0 Å². The minimum absolute atomic E-state index is 0.201. The van der Waals surface area contributed by atoms with Crippen LogP contribution in [0.4, 0.5) is 20.5 Å². The zero-order valence-electron chi connectivity index (χ0n) is 14.7. The molecule has 0 amide bonds. The van der Waals surface area contributed by atoms with Gasteiger partial charge in [-0.05, 0) is 11.6 Å². The predicted molar refractivity (Wildman–Crippen MR) is 97.6 cm³/mol. The van der Waals surface area contributed by atoms with E-state index in [0.717, 1.165) is 5.56 Å². The number of pyridine rings is 1. The molecule has 0 radical (unpaired) electrons. The van der Waals surface area contributed by atoms with Crippen molar-refractivity contribution in [2.45, 2.75) is 30.8 Å². The SMILES string of the molecule is Cn1ncc2c(NC3CC(F)(F)C3)nc(NCC(N)c3cccnc3)nc21. The highest BCUT2D eigenvalue weighted by Gasteiger charge is 2.45. The normalized spacial score (nSPS) is 17.5. The van der Waals surface area contributed by atoms with Crippen LogP contribution in [0.2, 0.25) is 0 Å². The number of nitrogens with two attached hydrogens (primary N) is 1. The molecule has 1 aliphatic rings. The summed E-state index contributed by atoms with van der Waals surface area (Å²) in [5.41, 5.74) is 7.67. The van der Waals surface area contributed by atoms with E-state index in [4.69, 9.17) is 5.73 Å². The number of rotatable bonds is 6. The van der Waals surface area contributed by atoms with E-state index in [0.29, 0.717) is 29.3 Å². The Kier molecular flexibility index (Phi) is 4.34. The molecular formula is C17H20F2N8. The number of aryl methyl sites for hydroxylation is 1. The van der Waals surface area contributed by atoms with Crippen LogP contribution in [-0.4, -0.2) is 43.2 Å². The zero-order chi connectivity index (χ0) is 19.0. The third-order valence-corrected chi connectivity index (χ3v) is 4.62. The predicted octanol–water partition coefficient (Wildman–Crippen LogP) is 2.08. The molecule has 4 N–H and O–H groups in total. The number of nitrogens with one attached hydrogen (secondary N) is 2. The summed E-state index contributed by atoms with van der Waals surface area (Å²) >= 11 is 0. The summed E-state index contributed by atoms with van der Waals surface area (Å²) in [5, 5.41) is 11.1. The van der Waals surface area contributed by atoms with Gasteiger partial charge in [0, 0.05) is 50.9 Å². The first kappa shape index (κ1) is 17.5. The number of fused-ring (bicyclic) bond motifs is 1. The average Bonchev–Trinajstić information content (AvgIpc) is 3.00. The van der Waals surface area contributed by atoms with Crippen LogP contribution in [0.1, 0.15) is 24.4 Å². The minimum atomic E-state index is -2.60. The summed E-state index contributed by atoms with van der Waals surface area (Å²) < 4.78 is 27.9. The van der Waals surface area contributed by atoms with Crippen molar-refractivity contribution in [1.82, 2.24) is 24.7 Å². The van der Waals surface area contributed by atoms with Gasteiger partial charge in [-0.1, -0.05) is 6.07 Å². The lowest BCUT2D eigenvalue weighted by Crippen LogP contribution is -2.44. The molecule has 1 saturated carbocycles. The average molecular weight is 374 g/mol. The molecule has 142 valence electrons. The van der Waals surface area contributed by atoms with Crippen molar-refractivity contribution in [3.8, 4) is 0 Å². The molecule has 0 saturated heterocycles. The molecule has 1 atom stereocenters. The monoisotopic (exact) mass is 374 g/mol. The first-order chi connectivity index (χ1) is 12.9. The van der Waals surface area contributed by atoms with E-state index in [9.17, 15) is 8.78 Å². The maximum Gasteiger partial charge on any atom is 0.252 e. The van der Waals surface area contributed by atoms with Crippen LogP contribution in [0.3, 0.4) is 0 Å². The quantitative estimate of drug-likeness (QED) is 0.606. The van der Waals surface area contributed by atoms with Crippen molar-refractivity contribution in [1.29, 1.82) is 0 Å². The number of aromatic nitrogens is 5. The fourth-order valence-electron chi connectivity index (χ4n) is 3.08. The second-order valence-electron chi connectivity index (χ2n) is 6.78. The van der Waals surface area contributed by atoms with Gasteiger partial charge in [-0.2, -0.15) is 15.1 Å². The molecule has 0 aliphatic heterocycles. The van der Waals surface area contributed by atoms with Gasteiger partial charge in [0.15, 0.2) is 5.65 Å². The van der Waals surface area contributed by atoms with Crippen LogP contribution in [0, 0.1) is 0 Å². The first-order valence-corrected chi connectivity index (χ1v) is 8.65. The molecule has 27 heavy (non-hydrogen) atoms. The van der Waals surface area contributed by atoms with Crippen LogP contribution in [-0.2, 0) is 7.05 Å². The molecule has 0 aromatic carbocycles. The third-order valence-electron chi connectivity index (χ3n) is 4.62. The second-order valence-corrected chi connectivity index (χ2v) is 6.78. The Labute approximate surface area is 154 Å². The fraction of sp³-hybridized carbons (Fsp3) is 0.412. The maximum atomic E-state index is 13.1. The van der Waals surface area contributed by atoms with Gasteiger partial charge >= 0.3 is 0 Å². The Morgan fingerprint density at radius 2 is 2.15 bits per heavy atom. The van der Waals surface area contributed by atoms with Crippen molar-refractivity contribution >= 4 is 22.8 Å². The molecular weight excluding hydrogens is 354 g/mol. The van der Waals surface area contributed by atoms with Crippen LogP contribution >= 0.6 is 0 Å². The van der Waals surface area contributed by atoms with E-state index in [1.807, 2.05) is 12.1 Å². The van der Waals surface area contributed by atoms with Crippen molar-refractivity contribution in [3.63, 3.8) is 0 Å². The number of halogens is 2. The van der Waals surface area contributed by atoms with Gasteiger partial charge < -0.3 is 16.4 Å². The van der Waals surface area contributed by atoms with Crippen molar-refractivity contribution in [2.75, 3.05) is 17.2 Å². The lowest BCUT2D eigenvalue weighted by atomic mass is 9.88. The highest BCUT2D eigenvalue weighted by molar-refractivity contribution is 5.87. The topological polar surface area (TPSA) is 107 Å². The molecule has 1 aliphatic carbocycles. The van der Waals surface area contributed by atoms with Crippen molar-refractivity contribution in [2.24, 2.45) is 12.8 Å². The summed E-state index contributed by atoms with van der Waals surface area (Å²) in [5.74, 6) is -1.75. The molecule has 3 aromatic rings. The van der Waals surface area contributed by atoms with Crippen molar-refractivity contribution < 1.29 is 8.78 Å². The molecule has 1 unspecified atom stereocenters. The Hall–Kier alpha value is -2.88. The maximum absolute atomic E-state index is 13.1. The summed E-state index contributed by atoms with van der Waals surface area (Å²) in [4.78, 5) is 13.0. The highest BCUT2D eigenvalue weighted by atomic mass is 19.3. The first-order valence-electron chi connectivity index (χ1n) is 8.65. The van der Waals surface area contributed by atoms with Gasteiger partial charge in [-0.15, -0.1) is 0 Å². The molecule has 0 spiro atoms. The van der Waals surface area contributed by atoms with E-state index in [2.05, 4.69) is 30.7 Å². The fourth-order valence-corrected chi connectivity index (χ4v) is 3.08. The summed E-state index contributed by atoms with van der Waals surface area (Å²) in [6, 6.07) is 3.12. The van der Waals surface area contributed by atoms with Gasteiger partial charge in [-0.3, -0.25) is 9.67 Å². The molecule has 3 heterocycles. The van der Waals surface area contributed by atoms with Gasteiger partial charge in [0.25, 0.3) is 5.92 Å². The molecule has 3 aromatic heterocycles. The third kappa shape index (κ3) is 3.65. The minimum Gasteiger partial charge on any atom is -0.366 e. The van der Waals surface area contributed by atoms with Crippen molar-refractivity contribution in [3.05, 3.63) is 36.3 Å². The molecule has 1 fully saturated rings. The summed E-state index contributed by atoms with van der Waals surface area (Å²) in [6.45, 7) is 0.399. The van der Waals surface area contributed by atoms with E-state index >= 15 is 0 Å².